The summed E-state index contributed by atoms with van der Waals surface area (Å²) in [7, 11) is 0. The van der Waals surface area contributed by atoms with Crippen LogP contribution in [0.15, 0.2) is 30.6 Å². The van der Waals surface area contributed by atoms with Crippen LogP contribution >= 0.6 is 0 Å². The summed E-state index contributed by atoms with van der Waals surface area (Å²) in [6, 6.07) is 6.85. The summed E-state index contributed by atoms with van der Waals surface area (Å²) in [5.74, 6) is 0.724. The minimum atomic E-state index is -0.407. The number of hydrogen-bond donors (Lipinski definition) is 0. The number of rotatable bonds is 5. The maximum Gasteiger partial charge on any atom is 0.141 e. The highest BCUT2D eigenvalue weighted by atomic mass is 19.1. The topological polar surface area (TPSA) is 23.8 Å². The summed E-state index contributed by atoms with van der Waals surface area (Å²) < 4.78 is 25.5. The van der Waals surface area contributed by atoms with Gasteiger partial charge in [0, 0.05) is 0 Å². The molecular formula is C18H21F2N. The van der Waals surface area contributed by atoms with Crippen LogP contribution in [0.25, 0.3) is 0 Å². The fraction of sp³-hybridized carbons (Fsp3) is 0.500. The molecule has 21 heavy (non-hydrogen) atoms. The molecule has 0 unspecified atom stereocenters. The van der Waals surface area contributed by atoms with E-state index in [2.05, 4.69) is 0 Å². The molecule has 0 atom stereocenters. The van der Waals surface area contributed by atoms with E-state index in [1.807, 2.05) is 12.1 Å². The Balaban J connectivity index is 1.83. The number of allylic oxidation sites excluding steroid dienone is 1. The average Bonchev–Trinajstić information content (AvgIpc) is 2.52. The Morgan fingerprint density at radius 3 is 2.62 bits per heavy atom. The Morgan fingerprint density at radius 2 is 2.00 bits per heavy atom. The van der Waals surface area contributed by atoms with E-state index >= 15 is 0 Å². The van der Waals surface area contributed by atoms with Gasteiger partial charge < -0.3 is 0 Å². The molecule has 1 aliphatic carbocycles. The van der Waals surface area contributed by atoms with E-state index in [1.165, 1.54) is 6.07 Å². The zero-order valence-corrected chi connectivity index (χ0v) is 12.2. The smallest absolute Gasteiger partial charge is 0.141 e. The van der Waals surface area contributed by atoms with Crippen LogP contribution in [0.5, 0.6) is 0 Å². The molecule has 0 aromatic heterocycles. The van der Waals surface area contributed by atoms with Gasteiger partial charge in [0.15, 0.2) is 0 Å². The van der Waals surface area contributed by atoms with Crippen molar-refractivity contribution in [3.63, 3.8) is 0 Å². The molecule has 1 fully saturated rings. The molecule has 112 valence electrons. The first-order chi connectivity index (χ1) is 10.2. The molecule has 3 heteroatoms. The molecule has 1 nitrogen and oxygen atoms in total. The first kappa shape index (κ1) is 15.7. The fourth-order valence-corrected chi connectivity index (χ4v) is 3.25. The Morgan fingerprint density at radius 1 is 1.24 bits per heavy atom. The van der Waals surface area contributed by atoms with Crippen LogP contribution < -0.4 is 0 Å². The van der Waals surface area contributed by atoms with Gasteiger partial charge in [0.1, 0.15) is 11.9 Å². The van der Waals surface area contributed by atoms with Crippen molar-refractivity contribution in [2.45, 2.75) is 50.9 Å². The van der Waals surface area contributed by atoms with E-state index in [-0.39, 0.29) is 5.56 Å². The highest BCUT2D eigenvalue weighted by Gasteiger charge is 2.22. The van der Waals surface area contributed by atoms with Gasteiger partial charge in [-0.15, -0.1) is 0 Å². The summed E-state index contributed by atoms with van der Waals surface area (Å²) in [5.41, 5.74) is 1.14. The minimum absolute atomic E-state index is 0.119. The molecule has 2 rings (SSSR count). The molecule has 1 aromatic carbocycles. The van der Waals surface area contributed by atoms with Gasteiger partial charge in [-0.3, -0.25) is 0 Å². The fourth-order valence-electron chi connectivity index (χ4n) is 3.25. The Bertz CT molecular complexity index is 523. The predicted molar refractivity (Wildman–Crippen MR) is 79.9 cm³/mol. The van der Waals surface area contributed by atoms with Gasteiger partial charge in [-0.05, 0) is 68.1 Å². The Hall–Kier alpha value is -1.69. The van der Waals surface area contributed by atoms with Gasteiger partial charge in [0.2, 0.25) is 0 Å². The second-order valence-corrected chi connectivity index (χ2v) is 5.86. The number of nitriles is 1. The van der Waals surface area contributed by atoms with Crippen LogP contribution in [-0.2, 0) is 0 Å². The predicted octanol–water partition coefficient (Wildman–Crippen LogP) is 5.62. The largest absolute Gasteiger partial charge is 0.216 e. The van der Waals surface area contributed by atoms with Crippen molar-refractivity contribution >= 4 is 0 Å². The summed E-state index contributed by atoms with van der Waals surface area (Å²) in [5, 5.41) is 8.76. The van der Waals surface area contributed by atoms with Crippen molar-refractivity contribution in [2.75, 3.05) is 0 Å². The molecule has 0 heterocycles. The molecule has 1 saturated carbocycles. The van der Waals surface area contributed by atoms with Crippen LogP contribution in [0.1, 0.15) is 62.0 Å². The molecule has 0 radical (unpaired) electrons. The number of benzene rings is 1. The van der Waals surface area contributed by atoms with E-state index in [1.54, 1.807) is 12.1 Å². The number of halogens is 2. The summed E-state index contributed by atoms with van der Waals surface area (Å²) in [6.45, 7) is 0. The lowest BCUT2D eigenvalue weighted by molar-refractivity contribution is 0.305. The van der Waals surface area contributed by atoms with Gasteiger partial charge >= 0.3 is 0 Å². The van der Waals surface area contributed by atoms with Crippen molar-refractivity contribution in [1.29, 1.82) is 5.26 Å². The summed E-state index contributed by atoms with van der Waals surface area (Å²) in [4.78, 5) is 0. The molecule has 0 amide bonds. The van der Waals surface area contributed by atoms with Crippen molar-refractivity contribution in [3.8, 4) is 6.07 Å². The van der Waals surface area contributed by atoms with Crippen molar-refractivity contribution < 1.29 is 8.78 Å². The standard InChI is InChI=1S/C18H21F2N/c19-11-3-1-2-4-14-5-7-15(8-6-14)16-9-10-17(13-21)18(20)12-16/h3,9-12,14-15H,1-2,4-8H2. The lowest BCUT2D eigenvalue weighted by Crippen LogP contribution is -2.13. The Labute approximate surface area is 125 Å². The molecule has 0 aliphatic heterocycles. The first-order valence-electron chi connectivity index (χ1n) is 7.69. The highest BCUT2D eigenvalue weighted by Crippen LogP contribution is 2.38. The maximum absolute atomic E-state index is 13.7. The van der Waals surface area contributed by atoms with E-state index in [0.29, 0.717) is 12.2 Å². The van der Waals surface area contributed by atoms with Crippen molar-refractivity contribution in [2.24, 2.45) is 5.92 Å². The lowest BCUT2D eigenvalue weighted by Gasteiger charge is -2.28. The zero-order chi connectivity index (χ0) is 15.1. The van der Waals surface area contributed by atoms with Crippen LogP contribution in [0, 0.1) is 23.1 Å². The van der Waals surface area contributed by atoms with E-state index < -0.39 is 5.82 Å². The quantitative estimate of drug-likeness (QED) is 0.645. The second kappa shape index (κ2) is 7.93. The van der Waals surface area contributed by atoms with E-state index in [0.717, 1.165) is 56.4 Å². The van der Waals surface area contributed by atoms with Gasteiger partial charge in [0.05, 0.1) is 11.9 Å². The molecular weight excluding hydrogens is 268 g/mol. The first-order valence-corrected chi connectivity index (χ1v) is 7.69. The van der Waals surface area contributed by atoms with Crippen LogP contribution in [0.2, 0.25) is 0 Å². The van der Waals surface area contributed by atoms with Crippen molar-refractivity contribution in [3.05, 3.63) is 47.5 Å². The minimum Gasteiger partial charge on any atom is -0.216 e. The molecule has 0 spiro atoms. The van der Waals surface area contributed by atoms with Crippen molar-refractivity contribution in [1.82, 2.24) is 0 Å². The monoisotopic (exact) mass is 289 g/mol. The van der Waals surface area contributed by atoms with Gasteiger partial charge in [-0.1, -0.05) is 18.6 Å². The van der Waals surface area contributed by atoms with E-state index in [9.17, 15) is 8.78 Å². The molecule has 1 aliphatic rings. The Kier molecular flexibility index (Phi) is 5.92. The maximum atomic E-state index is 13.7. The molecule has 0 bridgehead atoms. The third kappa shape index (κ3) is 4.39. The van der Waals surface area contributed by atoms with Crippen LogP contribution in [0.3, 0.4) is 0 Å². The van der Waals surface area contributed by atoms with Crippen LogP contribution in [-0.4, -0.2) is 0 Å². The average molecular weight is 289 g/mol. The van der Waals surface area contributed by atoms with Gasteiger partial charge in [0.25, 0.3) is 0 Å². The van der Waals surface area contributed by atoms with Gasteiger partial charge in [-0.2, -0.15) is 5.26 Å². The second-order valence-electron chi connectivity index (χ2n) is 5.86. The molecule has 1 aromatic rings. The SMILES string of the molecule is N#Cc1ccc(C2CCC(CCCC=CF)CC2)cc1F. The van der Waals surface area contributed by atoms with Crippen LogP contribution in [0.4, 0.5) is 8.78 Å². The zero-order valence-electron chi connectivity index (χ0n) is 12.2. The number of unbranched alkanes of at least 4 members (excludes halogenated alkanes) is 1. The lowest BCUT2D eigenvalue weighted by atomic mass is 9.77. The summed E-state index contributed by atoms with van der Waals surface area (Å²) in [6.07, 6.45) is 9.68. The third-order valence-electron chi connectivity index (χ3n) is 4.50. The molecule has 0 N–H and O–H groups in total. The number of hydrogen-bond acceptors (Lipinski definition) is 1. The van der Waals surface area contributed by atoms with Gasteiger partial charge in [-0.25, -0.2) is 8.78 Å². The normalized spacial score (nSPS) is 22.3. The number of nitrogens with zero attached hydrogens (tertiary/aromatic N) is 1. The molecule has 0 saturated heterocycles. The highest BCUT2D eigenvalue weighted by molar-refractivity contribution is 5.34. The van der Waals surface area contributed by atoms with E-state index in [4.69, 9.17) is 5.26 Å². The third-order valence-corrected chi connectivity index (χ3v) is 4.50. The summed E-state index contributed by atoms with van der Waals surface area (Å²) >= 11 is 0.